The second-order valence-electron chi connectivity index (χ2n) is 8.51. The molecule has 31 heavy (non-hydrogen) atoms. The predicted molar refractivity (Wildman–Crippen MR) is 120 cm³/mol. The van der Waals surface area contributed by atoms with Gasteiger partial charge < -0.3 is 9.47 Å². The van der Waals surface area contributed by atoms with Crippen molar-refractivity contribution in [2.75, 3.05) is 6.54 Å². The first-order valence-corrected chi connectivity index (χ1v) is 10.7. The lowest BCUT2D eigenvalue weighted by Gasteiger charge is -2.17. The van der Waals surface area contributed by atoms with E-state index in [2.05, 4.69) is 13.8 Å². The number of aromatic nitrogens is 2. The number of carbonyl (C=O) groups is 1. The summed E-state index contributed by atoms with van der Waals surface area (Å²) in [5.74, 6) is 0.490. The van der Waals surface area contributed by atoms with Crippen LogP contribution in [-0.4, -0.2) is 26.5 Å². The van der Waals surface area contributed by atoms with Gasteiger partial charge in [0, 0.05) is 50.1 Å². The number of amides is 1. The fraction of sp³-hybridized carbons (Fsp3) is 0.320. The fourth-order valence-corrected chi connectivity index (χ4v) is 4.09. The van der Waals surface area contributed by atoms with Crippen molar-refractivity contribution in [2.45, 2.75) is 39.3 Å². The summed E-state index contributed by atoms with van der Waals surface area (Å²) in [4.78, 5) is 39.7. The van der Waals surface area contributed by atoms with Crippen LogP contribution in [0.15, 0.2) is 76.6 Å². The molecule has 0 radical (unpaired) electrons. The first kappa shape index (κ1) is 20.8. The summed E-state index contributed by atoms with van der Waals surface area (Å²) >= 11 is 0. The molecule has 1 saturated heterocycles. The van der Waals surface area contributed by atoms with Crippen LogP contribution >= 0.6 is 0 Å². The molecule has 1 fully saturated rings. The van der Waals surface area contributed by atoms with Gasteiger partial charge in [-0.15, -0.1) is 0 Å². The maximum atomic E-state index is 12.7. The minimum atomic E-state index is -0.578. The zero-order valence-electron chi connectivity index (χ0n) is 17.9. The van der Waals surface area contributed by atoms with Gasteiger partial charge in [-0.05, 0) is 29.2 Å². The molecule has 0 aliphatic carbocycles. The van der Waals surface area contributed by atoms with Crippen LogP contribution in [0.25, 0.3) is 5.69 Å². The van der Waals surface area contributed by atoms with Gasteiger partial charge in [0.1, 0.15) is 0 Å². The molecule has 1 atom stereocenters. The van der Waals surface area contributed by atoms with Crippen LogP contribution in [0.5, 0.6) is 0 Å². The van der Waals surface area contributed by atoms with Crippen LogP contribution in [0, 0.1) is 5.92 Å². The van der Waals surface area contributed by atoms with Crippen molar-refractivity contribution in [3.63, 3.8) is 0 Å². The van der Waals surface area contributed by atoms with E-state index in [9.17, 15) is 14.4 Å². The smallest absolute Gasteiger partial charge is 0.320 e. The molecule has 1 aliphatic heterocycles. The Morgan fingerprint density at radius 2 is 1.61 bits per heavy atom. The van der Waals surface area contributed by atoms with E-state index in [0.29, 0.717) is 37.7 Å². The molecular formula is C25H27N3O3. The highest BCUT2D eigenvalue weighted by Crippen LogP contribution is 2.21. The molecule has 2 aromatic carbocycles. The standard InChI is InChI=1S/C25H27N3O3/c1-18(2)21-8-10-22(11-9-21)28-13-12-26(24(30)25(28)31)16-20-14-23(29)27(17-20)15-19-6-4-3-5-7-19/h3-13,18,20H,14-17H2,1-2H3. The van der Waals surface area contributed by atoms with Crippen LogP contribution in [0.1, 0.15) is 37.3 Å². The van der Waals surface area contributed by atoms with Gasteiger partial charge in [0.05, 0.1) is 0 Å². The lowest BCUT2D eigenvalue weighted by Crippen LogP contribution is -2.41. The van der Waals surface area contributed by atoms with E-state index in [1.165, 1.54) is 14.7 Å². The quantitative estimate of drug-likeness (QED) is 0.579. The van der Waals surface area contributed by atoms with Crippen molar-refractivity contribution < 1.29 is 4.79 Å². The maximum Gasteiger partial charge on any atom is 0.320 e. The number of hydrogen-bond donors (Lipinski definition) is 0. The summed E-state index contributed by atoms with van der Waals surface area (Å²) in [5.41, 5.74) is 1.79. The predicted octanol–water partition coefficient (Wildman–Crippen LogP) is 3.17. The van der Waals surface area contributed by atoms with Gasteiger partial charge in [-0.2, -0.15) is 0 Å². The van der Waals surface area contributed by atoms with E-state index >= 15 is 0 Å². The number of nitrogens with zero attached hydrogens (tertiary/aromatic N) is 3. The average Bonchev–Trinajstić information content (AvgIpc) is 3.11. The molecule has 0 bridgehead atoms. The Hall–Kier alpha value is -3.41. The van der Waals surface area contributed by atoms with Crippen LogP contribution in [0.3, 0.4) is 0 Å². The molecule has 6 heteroatoms. The van der Waals surface area contributed by atoms with Crippen LogP contribution in [0.2, 0.25) is 0 Å². The molecule has 1 aliphatic rings. The number of hydrogen-bond acceptors (Lipinski definition) is 3. The molecule has 2 heterocycles. The molecule has 4 rings (SSSR count). The lowest BCUT2D eigenvalue weighted by molar-refractivity contribution is -0.128. The highest BCUT2D eigenvalue weighted by molar-refractivity contribution is 5.78. The fourth-order valence-electron chi connectivity index (χ4n) is 4.09. The largest absolute Gasteiger partial charge is 0.338 e. The van der Waals surface area contributed by atoms with Crippen molar-refractivity contribution in [3.05, 3.63) is 98.8 Å². The molecule has 160 valence electrons. The van der Waals surface area contributed by atoms with Gasteiger partial charge in [-0.3, -0.25) is 19.0 Å². The van der Waals surface area contributed by atoms with E-state index in [1.807, 2.05) is 59.5 Å². The minimum absolute atomic E-state index is 0.00878. The maximum absolute atomic E-state index is 12.7. The summed E-state index contributed by atoms with van der Waals surface area (Å²) in [6.07, 6.45) is 3.66. The SMILES string of the molecule is CC(C)c1ccc(-n2ccn(CC3CC(=O)N(Cc4ccccc4)C3)c(=O)c2=O)cc1. The Labute approximate surface area is 181 Å². The Balaban J connectivity index is 1.48. The van der Waals surface area contributed by atoms with Crippen molar-refractivity contribution in [1.82, 2.24) is 14.0 Å². The molecule has 0 saturated carbocycles. The molecular weight excluding hydrogens is 390 g/mol. The summed E-state index contributed by atoms with van der Waals surface area (Å²) in [5, 5.41) is 0. The molecule has 1 unspecified atom stereocenters. The van der Waals surface area contributed by atoms with E-state index in [4.69, 9.17) is 0 Å². The third-order valence-electron chi connectivity index (χ3n) is 5.86. The monoisotopic (exact) mass is 417 g/mol. The van der Waals surface area contributed by atoms with Crippen LogP contribution in [-0.2, 0) is 17.9 Å². The van der Waals surface area contributed by atoms with E-state index in [-0.39, 0.29) is 11.8 Å². The lowest BCUT2D eigenvalue weighted by atomic mass is 10.0. The van der Waals surface area contributed by atoms with E-state index < -0.39 is 11.1 Å². The number of likely N-dealkylation sites (tertiary alicyclic amines) is 1. The summed E-state index contributed by atoms with van der Waals surface area (Å²) < 4.78 is 2.82. The van der Waals surface area contributed by atoms with Crippen molar-refractivity contribution >= 4 is 5.91 Å². The van der Waals surface area contributed by atoms with Gasteiger partial charge in [-0.25, -0.2) is 0 Å². The number of benzene rings is 2. The van der Waals surface area contributed by atoms with Gasteiger partial charge in [0.25, 0.3) is 0 Å². The minimum Gasteiger partial charge on any atom is -0.338 e. The van der Waals surface area contributed by atoms with E-state index in [1.54, 1.807) is 12.4 Å². The van der Waals surface area contributed by atoms with Crippen molar-refractivity contribution in [3.8, 4) is 5.69 Å². The molecule has 3 aromatic rings. The first-order valence-electron chi connectivity index (χ1n) is 10.7. The zero-order chi connectivity index (χ0) is 22.0. The second kappa shape index (κ2) is 8.76. The Kier molecular flexibility index (Phi) is 5.89. The van der Waals surface area contributed by atoms with Gasteiger partial charge in [0.2, 0.25) is 5.91 Å². The molecule has 1 amide bonds. The van der Waals surface area contributed by atoms with Crippen LogP contribution in [0.4, 0.5) is 0 Å². The topological polar surface area (TPSA) is 64.3 Å². The zero-order valence-corrected chi connectivity index (χ0v) is 17.9. The van der Waals surface area contributed by atoms with Gasteiger partial charge in [0.15, 0.2) is 0 Å². The summed E-state index contributed by atoms with van der Waals surface area (Å²) in [7, 11) is 0. The number of rotatable bonds is 6. The molecule has 0 spiro atoms. The van der Waals surface area contributed by atoms with Gasteiger partial charge in [-0.1, -0.05) is 56.3 Å². The Bertz CT molecular complexity index is 1180. The number of carbonyl (C=O) groups excluding carboxylic acids is 1. The highest BCUT2D eigenvalue weighted by atomic mass is 16.2. The molecule has 6 nitrogen and oxygen atoms in total. The normalized spacial score (nSPS) is 16.3. The van der Waals surface area contributed by atoms with E-state index in [0.717, 1.165) is 5.56 Å². The molecule has 1 aromatic heterocycles. The van der Waals surface area contributed by atoms with Crippen molar-refractivity contribution in [2.24, 2.45) is 5.92 Å². The Morgan fingerprint density at radius 1 is 0.903 bits per heavy atom. The Morgan fingerprint density at radius 3 is 2.29 bits per heavy atom. The van der Waals surface area contributed by atoms with Gasteiger partial charge >= 0.3 is 11.1 Å². The third-order valence-corrected chi connectivity index (χ3v) is 5.86. The summed E-state index contributed by atoms with van der Waals surface area (Å²) in [6, 6.07) is 17.5. The third kappa shape index (κ3) is 4.53. The van der Waals surface area contributed by atoms with Crippen LogP contribution < -0.4 is 11.1 Å². The average molecular weight is 418 g/mol. The highest BCUT2D eigenvalue weighted by Gasteiger charge is 2.30. The summed E-state index contributed by atoms with van der Waals surface area (Å²) in [6.45, 7) is 5.73. The molecule has 0 N–H and O–H groups in total. The van der Waals surface area contributed by atoms with Crippen molar-refractivity contribution in [1.29, 1.82) is 0 Å². The second-order valence-corrected chi connectivity index (χ2v) is 8.51. The first-order chi connectivity index (χ1) is 14.9.